The zero-order valence-electron chi connectivity index (χ0n) is 9.36. The Kier molecular flexibility index (Phi) is 4.63. The first kappa shape index (κ1) is 14.1. The van der Waals surface area contributed by atoms with E-state index in [2.05, 4.69) is 26.5 Å². The maximum atomic E-state index is 11.6. The Morgan fingerprint density at radius 2 is 1.95 bits per heavy atom. The topological polar surface area (TPSA) is 54.6 Å². The van der Waals surface area contributed by atoms with Gasteiger partial charge in [0.2, 0.25) is 0 Å². The number of hydrogen-bond acceptors (Lipinski definition) is 3. The van der Waals surface area contributed by atoms with Crippen LogP contribution in [0.1, 0.15) is 16.1 Å². The zero-order chi connectivity index (χ0) is 13.8. The number of amides is 1. The average molecular weight is 362 g/mol. The summed E-state index contributed by atoms with van der Waals surface area (Å²) in [5.41, 5.74) is 2.85. The SMILES string of the molecule is O=C(NN=Cc1c(Cl)cccc1Cl)c1ccc(Br)o1. The van der Waals surface area contributed by atoms with Crippen LogP contribution in [-0.4, -0.2) is 12.1 Å². The molecule has 0 aliphatic heterocycles. The van der Waals surface area contributed by atoms with E-state index in [1.54, 1.807) is 24.3 Å². The van der Waals surface area contributed by atoms with Crippen molar-refractivity contribution in [2.24, 2.45) is 5.10 Å². The molecule has 4 nitrogen and oxygen atoms in total. The molecule has 1 aromatic carbocycles. The Bertz CT molecular complexity index is 620. The molecule has 1 aromatic heterocycles. The summed E-state index contributed by atoms with van der Waals surface area (Å²) < 4.78 is 5.54. The fourth-order valence-electron chi connectivity index (χ4n) is 1.28. The molecule has 1 heterocycles. The van der Waals surface area contributed by atoms with E-state index in [0.717, 1.165) is 0 Å². The van der Waals surface area contributed by atoms with Gasteiger partial charge in [-0.1, -0.05) is 29.3 Å². The highest BCUT2D eigenvalue weighted by Crippen LogP contribution is 2.22. The van der Waals surface area contributed by atoms with E-state index in [1.165, 1.54) is 12.3 Å². The molecule has 2 rings (SSSR count). The van der Waals surface area contributed by atoms with Gasteiger partial charge in [-0.3, -0.25) is 4.79 Å². The van der Waals surface area contributed by atoms with Crippen LogP contribution >= 0.6 is 39.1 Å². The summed E-state index contributed by atoms with van der Waals surface area (Å²) in [5, 5.41) is 4.68. The quantitative estimate of drug-likeness (QED) is 0.660. The van der Waals surface area contributed by atoms with E-state index in [9.17, 15) is 4.79 Å². The summed E-state index contributed by atoms with van der Waals surface area (Å²) in [6, 6.07) is 8.22. The number of carbonyl (C=O) groups is 1. The van der Waals surface area contributed by atoms with Crippen molar-refractivity contribution in [3.8, 4) is 0 Å². The molecule has 0 saturated heterocycles. The summed E-state index contributed by atoms with van der Waals surface area (Å²) in [5.74, 6) is -0.320. The minimum Gasteiger partial charge on any atom is -0.444 e. The van der Waals surface area contributed by atoms with Crippen LogP contribution in [-0.2, 0) is 0 Å². The maximum Gasteiger partial charge on any atom is 0.307 e. The van der Waals surface area contributed by atoms with Crippen LogP contribution in [0.3, 0.4) is 0 Å². The number of hydrogen-bond donors (Lipinski definition) is 1. The lowest BCUT2D eigenvalue weighted by atomic mass is 10.2. The monoisotopic (exact) mass is 360 g/mol. The molecule has 1 amide bonds. The van der Waals surface area contributed by atoms with E-state index in [-0.39, 0.29) is 5.76 Å². The second-order valence-corrected chi connectivity index (χ2v) is 5.03. The van der Waals surface area contributed by atoms with Crippen LogP contribution in [0.25, 0.3) is 0 Å². The van der Waals surface area contributed by atoms with Crippen molar-refractivity contribution in [2.45, 2.75) is 0 Å². The van der Waals surface area contributed by atoms with Gasteiger partial charge in [-0.25, -0.2) is 5.43 Å². The summed E-state index contributed by atoms with van der Waals surface area (Å²) in [4.78, 5) is 11.6. The largest absolute Gasteiger partial charge is 0.444 e. The third-order valence-electron chi connectivity index (χ3n) is 2.16. The number of carbonyl (C=O) groups excluding carboxylic acids is 1. The molecule has 98 valence electrons. The second kappa shape index (κ2) is 6.23. The van der Waals surface area contributed by atoms with Crippen LogP contribution in [0.15, 0.2) is 44.5 Å². The lowest BCUT2D eigenvalue weighted by molar-refractivity contribution is 0.0926. The Labute approximate surface area is 127 Å². The van der Waals surface area contributed by atoms with E-state index >= 15 is 0 Å². The van der Waals surface area contributed by atoms with Gasteiger partial charge in [0.05, 0.1) is 16.3 Å². The molecule has 0 atom stereocenters. The molecule has 2 aromatic rings. The highest BCUT2D eigenvalue weighted by molar-refractivity contribution is 9.10. The first-order chi connectivity index (χ1) is 9.08. The second-order valence-electron chi connectivity index (χ2n) is 3.44. The van der Waals surface area contributed by atoms with Gasteiger partial charge in [-0.2, -0.15) is 5.10 Å². The Balaban J connectivity index is 2.06. The number of hydrazone groups is 1. The van der Waals surface area contributed by atoms with Crippen molar-refractivity contribution in [1.82, 2.24) is 5.43 Å². The molecule has 0 bridgehead atoms. The molecule has 7 heteroatoms. The molecule has 0 spiro atoms. The minimum absolute atomic E-state index is 0.147. The van der Waals surface area contributed by atoms with Crippen molar-refractivity contribution in [3.63, 3.8) is 0 Å². The standard InChI is InChI=1S/C12H7BrCl2N2O2/c13-11-5-4-10(19-11)12(18)17-16-6-7-8(14)2-1-3-9(7)15/h1-6H,(H,17,18). The molecule has 0 aliphatic carbocycles. The van der Waals surface area contributed by atoms with Gasteiger partial charge in [0.25, 0.3) is 0 Å². The highest BCUT2D eigenvalue weighted by Gasteiger charge is 2.09. The van der Waals surface area contributed by atoms with Crippen LogP contribution in [0.5, 0.6) is 0 Å². The third kappa shape index (κ3) is 3.59. The van der Waals surface area contributed by atoms with Crippen molar-refractivity contribution < 1.29 is 9.21 Å². The number of furan rings is 1. The fraction of sp³-hybridized carbons (Fsp3) is 0. The van der Waals surface area contributed by atoms with E-state index < -0.39 is 5.91 Å². The lowest BCUT2D eigenvalue weighted by Crippen LogP contribution is -2.16. The van der Waals surface area contributed by atoms with Crippen molar-refractivity contribution in [3.05, 3.63) is 56.4 Å². The first-order valence-corrected chi connectivity index (χ1v) is 6.65. The molecule has 19 heavy (non-hydrogen) atoms. The van der Waals surface area contributed by atoms with Crippen molar-refractivity contribution in [1.29, 1.82) is 0 Å². The van der Waals surface area contributed by atoms with Crippen LogP contribution in [0, 0.1) is 0 Å². The zero-order valence-corrected chi connectivity index (χ0v) is 12.5. The minimum atomic E-state index is -0.467. The molecule has 0 radical (unpaired) electrons. The number of halogens is 3. The third-order valence-corrected chi connectivity index (χ3v) is 3.24. The predicted octanol–water partition coefficient (Wildman–Crippen LogP) is 4.11. The molecule has 0 saturated carbocycles. The smallest absolute Gasteiger partial charge is 0.307 e. The first-order valence-electron chi connectivity index (χ1n) is 5.10. The van der Waals surface area contributed by atoms with Gasteiger partial charge < -0.3 is 4.42 Å². The molecular formula is C12H7BrCl2N2O2. The summed E-state index contributed by atoms with van der Waals surface area (Å²) >= 11 is 15.0. The predicted molar refractivity (Wildman–Crippen MR) is 77.9 cm³/mol. The molecule has 0 fully saturated rings. The fourth-order valence-corrected chi connectivity index (χ4v) is 2.08. The lowest BCUT2D eigenvalue weighted by Gasteiger charge is -2.00. The Morgan fingerprint density at radius 1 is 1.26 bits per heavy atom. The van der Waals surface area contributed by atoms with Gasteiger partial charge in [0.1, 0.15) is 0 Å². The number of nitrogens with one attached hydrogen (secondary N) is 1. The summed E-state index contributed by atoms with van der Waals surface area (Å²) in [7, 11) is 0. The van der Waals surface area contributed by atoms with Crippen LogP contribution in [0.2, 0.25) is 10.0 Å². The molecule has 0 aliphatic rings. The van der Waals surface area contributed by atoms with Gasteiger partial charge in [0.15, 0.2) is 10.4 Å². The normalized spacial score (nSPS) is 10.9. The van der Waals surface area contributed by atoms with Crippen molar-refractivity contribution in [2.75, 3.05) is 0 Å². The Morgan fingerprint density at radius 3 is 2.53 bits per heavy atom. The number of nitrogens with zero attached hydrogens (tertiary/aromatic N) is 1. The number of benzene rings is 1. The Hall–Kier alpha value is -1.30. The molecular weight excluding hydrogens is 355 g/mol. The van der Waals surface area contributed by atoms with Crippen LogP contribution < -0.4 is 5.43 Å². The molecule has 1 N–H and O–H groups in total. The highest BCUT2D eigenvalue weighted by atomic mass is 79.9. The summed E-state index contributed by atoms with van der Waals surface area (Å²) in [6.45, 7) is 0. The summed E-state index contributed by atoms with van der Waals surface area (Å²) in [6.07, 6.45) is 1.38. The maximum absolute atomic E-state index is 11.6. The van der Waals surface area contributed by atoms with Gasteiger partial charge >= 0.3 is 5.91 Å². The van der Waals surface area contributed by atoms with Gasteiger partial charge in [0, 0.05) is 5.56 Å². The molecule has 0 unspecified atom stereocenters. The van der Waals surface area contributed by atoms with Crippen LogP contribution in [0.4, 0.5) is 0 Å². The van der Waals surface area contributed by atoms with Gasteiger partial charge in [-0.15, -0.1) is 0 Å². The number of rotatable bonds is 3. The van der Waals surface area contributed by atoms with Crippen molar-refractivity contribution >= 4 is 51.3 Å². The van der Waals surface area contributed by atoms with Gasteiger partial charge in [-0.05, 0) is 40.2 Å². The van der Waals surface area contributed by atoms with E-state index in [0.29, 0.717) is 20.3 Å². The van der Waals surface area contributed by atoms with E-state index in [4.69, 9.17) is 27.6 Å². The average Bonchev–Trinajstić information content (AvgIpc) is 2.79. The van der Waals surface area contributed by atoms with E-state index in [1.807, 2.05) is 0 Å².